The number of hydrogen-bond donors (Lipinski definition) is 1. The van der Waals surface area contributed by atoms with Crippen LogP contribution in [0.4, 0.5) is 0 Å². The molecule has 0 radical (unpaired) electrons. The van der Waals surface area contributed by atoms with Gasteiger partial charge in [0, 0.05) is 12.1 Å². The summed E-state index contributed by atoms with van der Waals surface area (Å²) in [6, 6.07) is 8.01. The lowest BCUT2D eigenvalue weighted by Crippen LogP contribution is -2.49. The molecule has 1 fully saturated rings. The maximum Gasteiger partial charge on any atom is 0.142 e. The zero-order valence-electron chi connectivity index (χ0n) is 10.1. The van der Waals surface area contributed by atoms with E-state index >= 15 is 0 Å². The Kier molecular flexibility index (Phi) is 3.17. The highest BCUT2D eigenvalue weighted by molar-refractivity contribution is 5.32. The van der Waals surface area contributed by atoms with Gasteiger partial charge in [0.05, 0.1) is 13.7 Å². The molecule has 2 unspecified atom stereocenters. The van der Waals surface area contributed by atoms with E-state index in [1.54, 1.807) is 7.11 Å². The summed E-state index contributed by atoms with van der Waals surface area (Å²) in [5, 5.41) is 3.44. The number of methoxy groups -OCH3 is 1. The molecule has 1 heterocycles. The molecule has 1 aliphatic rings. The van der Waals surface area contributed by atoms with E-state index in [9.17, 15) is 0 Å². The summed E-state index contributed by atoms with van der Waals surface area (Å²) in [4.78, 5) is 0. The highest BCUT2D eigenvalue weighted by atomic mass is 16.5. The molecule has 0 spiro atoms. The van der Waals surface area contributed by atoms with Gasteiger partial charge < -0.3 is 9.47 Å². The highest BCUT2D eigenvalue weighted by Gasteiger charge is 2.31. The maximum atomic E-state index is 5.90. The Morgan fingerprint density at radius 2 is 2.31 bits per heavy atom. The first-order chi connectivity index (χ1) is 7.64. The molecular weight excluding hydrogens is 202 g/mol. The van der Waals surface area contributed by atoms with Crippen LogP contribution >= 0.6 is 0 Å². The van der Waals surface area contributed by atoms with Gasteiger partial charge in [0.1, 0.15) is 11.5 Å². The molecule has 16 heavy (non-hydrogen) atoms. The Morgan fingerprint density at radius 3 is 2.94 bits per heavy atom. The fourth-order valence-corrected chi connectivity index (χ4v) is 1.89. The van der Waals surface area contributed by atoms with Crippen molar-refractivity contribution in [2.45, 2.75) is 19.6 Å². The molecule has 0 saturated carbocycles. The normalized spacial score (nSPS) is 30.1. The molecule has 0 amide bonds. The minimum atomic E-state index is -0.388. The summed E-state index contributed by atoms with van der Waals surface area (Å²) in [7, 11) is 1.68. The summed E-state index contributed by atoms with van der Waals surface area (Å²) in [5.74, 6) is 1.43. The largest absolute Gasteiger partial charge is 0.497 e. The standard InChI is InChI=1S/C13H19NO2/c1-10-8-14-13(2,16-9-10)11-5-4-6-12(7-11)15-3/h4-7,10,14H,8-9H2,1-3H3. The molecule has 3 nitrogen and oxygen atoms in total. The fraction of sp³-hybridized carbons (Fsp3) is 0.538. The molecule has 88 valence electrons. The van der Waals surface area contributed by atoms with Crippen LogP contribution in [0.5, 0.6) is 5.75 Å². The van der Waals surface area contributed by atoms with Crippen molar-refractivity contribution in [1.29, 1.82) is 0 Å². The van der Waals surface area contributed by atoms with Gasteiger partial charge in [-0.25, -0.2) is 0 Å². The summed E-state index contributed by atoms with van der Waals surface area (Å²) in [6.45, 7) is 6.01. The Labute approximate surface area is 96.8 Å². The van der Waals surface area contributed by atoms with Crippen molar-refractivity contribution in [2.24, 2.45) is 5.92 Å². The quantitative estimate of drug-likeness (QED) is 0.829. The van der Waals surface area contributed by atoms with Crippen LogP contribution < -0.4 is 10.1 Å². The van der Waals surface area contributed by atoms with Gasteiger partial charge in [0.15, 0.2) is 0 Å². The van der Waals surface area contributed by atoms with Crippen LogP contribution in [0.3, 0.4) is 0 Å². The van der Waals surface area contributed by atoms with Crippen molar-refractivity contribution in [2.75, 3.05) is 20.3 Å². The monoisotopic (exact) mass is 221 g/mol. The SMILES string of the molecule is COc1cccc(C2(C)NCC(C)CO2)c1. The van der Waals surface area contributed by atoms with Crippen molar-refractivity contribution in [3.05, 3.63) is 29.8 Å². The fourth-order valence-electron chi connectivity index (χ4n) is 1.89. The first-order valence-corrected chi connectivity index (χ1v) is 5.67. The minimum Gasteiger partial charge on any atom is -0.497 e. The van der Waals surface area contributed by atoms with Crippen LogP contribution in [-0.2, 0) is 10.5 Å². The average Bonchev–Trinajstić information content (AvgIpc) is 2.33. The Hall–Kier alpha value is -1.06. The van der Waals surface area contributed by atoms with Gasteiger partial charge >= 0.3 is 0 Å². The van der Waals surface area contributed by atoms with Gasteiger partial charge in [-0.05, 0) is 25.0 Å². The van der Waals surface area contributed by atoms with Gasteiger partial charge in [0.2, 0.25) is 0 Å². The predicted octanol–water partition coefficient (Wildman–Crippen LogP) is 2.12. The molecule has 1 saturated heterocycles. The molecular formula is C13H19NO2. The van der Waals surface area contributed by atoms with Gasteiger partial charge in [-0.2, -0.15) is 0 Å². The molecule has 1 aromatic rings. The molecule has 2 atom stereocenters. The van der Waals surface area contributed by atoms with E-state index in [-0.39, 0.29) is 5.72 Å². The predicted molar refractivity (Wildman–Crippen MR) is 63.5 cm³/mol. The lowest BCUT2D eigenvalue weighted by molar-refractivity contribution is -0.106. The molecule has 1 aliphatic heterocycles. The zero-order valence-corrected chi connectivity index (χ0v) is 10.1. The van der Waals surface area contributed by atoms with Crippen molar-refractivity contribution >= 4 is 0 Å². The van der Waals surface area contributed by atoms with Crippen LogP contribution in [0.2, 0.25) is 0 Å². The summed E-state index contributed by atoms with van der Waals surface area (Å²) < 4.78 is 11.1. The Balaban J connectivity index is 2.21. The third-order valence-electron chi connectivity index (χ3n) is 3.06. The van der Waals surface area contributed by atoms with E-state index in [1.807, 2.05) is 18.2 Å². The molecule has 0 bridgehead atoms. The second-order valence-electron chi connectivity index (χ2n) is 4.56. The first-order valence-electron chi connectivity index (χ1n) is 5.67. The first kappa shape index (κ1) is 11.4. The zero-order chi connectivity index (χ0) is 11.6. The highest BCUT2D eigenvalue weighted by Crippen LogP contribution is 2.28. The third kappa shape index (κ3) is 2.20. The topological polar surface area (TPSA) is 30.5 Å². The Morgan fingerprint density at radius 1 is 1.50 bits per heavy atom. The van der Waals surface area contributed by atoms with Gasteiger partial charge in [0.25, 0.3) is 0 Å². The van der Waals surface area contributed by atoms with Crippen LogP contribution in [0.15, 0.2) is 24.3 Å². The summed E-state index contributed by atoms with van der Waals surface area (Å²) in [6.07, 6.45) is 0. The van der Waals surface area contributed by atoms with Crippen LogP contribution in [-0.4, -0.2) is 20.3 Å². The third-order valence-corrected chi connectivity index (χ3v) is 3.06. The van der Waals surface area contributed by atoms with Gasteiger partial charge in [-0.15, -0.1) is 0 Å². The van der Waals surface area contributed by atoms with E-state index in [2.05, 4.69) is 25.2 Å². The van der Waals surface area contributed by atoms with Crippen LogP contribution in [0.1, 0.15) is 19.4 Å². The number of ether oxygens (including phenoxy) is 2. The number of benzene rings is 1. The average molecular weight is 221 g/mol. The van der Waals surface area contributed by atoms with Gasteiger partial charge in [-0.1, -0.05) is 19.1 Å². The van der Waals surface area contributed by atoms with Crippen molar-refractivity contribution in [3.8, 4) is 5.75 Å². The van der Waals surface area contributed by atoms with Crippen LogP contribution in [0, 0.1) is 5.92 Å². The second-order valence-corrected chi connectivity index (χ2v) is 4.56. The smallest absolute Gasteiger partial charge is 0.142 e. The van der Waals surface area contributed by atoms with E-state index in [4.69, 9.17) is 9.47 Å². The second kappa shape index (κ2) is 4.44. The molecule has 2 rings (SSSR count). The summed E-state index contributed by atoms with van der Waals surface area (Å²) >= 11 is 0. The Bertz CT molecular complexity index is 357. The molecule has 1 N–H and O–H groups in total. The number of nitrogens with one attached hydrogen (secondary N) is 1. The van der Waals surface area contributed by atoms with Gasteiger partial charge in [-0.3, -0.25) is 5.32 Å². The van der Waals surface area contributed by atoms with Crippen molar-refractivity contribution < 1.29 is 9.47 Å². The van der Waals surface area contributed by atoms with E-state index in [1.165, 1.54) is 0 Å². The maximum absolute atomic E-state index is 5.90. The van der Waals surface area contributed by atoms with E-state index in [0.29, 0.717) is 5.92 Å². The molecule has 1 aromatic carbocycles. The number of rotatable bonds is 2. The molecule has 0 aromatic heterocycles. The molecule has 0 aliphatic carbocycles. The van der Waals surface area contributed by atoms with E-state index in [0.717, 1.165) is 24.5 Å². The van der Waals surface area contributed by atoms with Crippen molar-refractivity contribution in [1.82, 2.24) is 5.32 Å². The van der Waals surface area contributed by atoms with E-state index < -0.39 is 0 Å². The lowest BCUT2D eigenvalue weighted by Gasteiger charge is -2.38. The number of hydrogen-bond acceptors (Lipinski definition) is 3. The lowest BCUT2D eigenvalue weighted by atomic mass is 10.0. The van der Waals surface area contributed by atoms with Crippen molar-refractivity contribution in [3.63, 3.8) is 0 Å². The summed E-state index contributed by atoms with van der Waals surface area (Å²) in [5.41, 5.74) is 0.722. The molecule has 3 heteroatoms. The van der Waals surface area contributed by atoms with Crippen LogP contribution in [0.25, 0.3) is 0 Å². The minimum absolute atomic E-state index is 0.388.